The van der Waals surface area contributed by atoms with Crippen LogP contribution in [0.4, 0.5) is 0 Å². The minimum absolute atomic E-state index is 0.0292. The van der Waals surface area contributed by atoms with Gasteiger partial charge >= 0.3 is 0 Å². The van der Waals surface area contributed by atoms with Crippen LogP contribution in [0.2, 0.25) is 0 Å². The van der Waals surface area contributed by atoms with Crippen molar-refractivity contribution in [1.29, 1.82) is 0 Å². The van der Waals surface area contributed by atoms with Gasteiger partial charge in [-0.05, 0) is 44.5 Å². The molecule has 2 N–H and O–H groups in total. The van der Waals surface area contributed by atoms with Crippen molar-refractivity contribution >= 4 is 21.8 Å². The highest BCUT2D eigenvalue weighted by atomic mass is 32.2. The zero-order valence-corrected chi connectivity index (χ0v) is 12.4. The number of piperidine rings is 1. The molecule has 0 aromatic rings. The van der Waals surface area contributed by atoms with Gasteiger partial charge < -0.3 is 5.32 Å². The lowest BCUT2D eigenvalue weighted by Crippen LogP contribution is -2.41. The first-order valence-electron chi connectivity index (χ1n) is 6.32. The molecule has 1 rings (SSSR count). The van der Waals surface area contributed by atoms with Gasteiger partial charge in [-0.15, -0.1) is 0 Å². The maximum Gasteiger partial charge on any atom is 0.212 e. The average Bonchev–Trinajstić information content (AvgIpc) is 2.26. The number of rotatable bonds is 7. The zero-order chi connectivity index (χ0) is 12.7. The molecule has 1 heterocycles. The lowest BCUT2D eigenvalue weighted by molar-refractivity contribution is 0.402. The second kappa shape index (κ2) is 7.61. The van der Waals surface area contributed by atoms with E-state index in [4.69, 9.17) is 0 Å². The molecule has 0 aromatic carbocycles. The second-order valence-corrected chi connectivity index (χ2v) is 7.79. The molecule has 2 unspecified atom stereocenters. The Hall–Kier alpha value is 0.220. The maximum absolute atomic E-state index is 11.9. The zero-order valence-electron chi connectivity index (χ0n) is 10.7. The predicted octanol–water partition coefficient (Wildman–Crippen LogP) is 1.05. The second-order valence-electron chi connectivity index (χ2n) is 4.67. The van der Waals surface area contributed by atoms with E-state index in [2.05, 4.69) is 17.0 Å². The summed E-state index contributed by atoms with van der Waals surface area (Å²) in [5, 5.41) is 3.25. The van der Waals surface area contributed by atoms with Gasteiger partial charge in [-0.1, -0.05) is 6.92 Å². The molecule has 0 aliphatic carbocycles. The third-order valence-corrected chi connectivity index (χ3v) is 5.62. The molecule has 2 atom stereocenters. The van der Waals surface area contributed by atoms with Gasteiger partial charge in [0.25, 0.3) is 0 Å². The van der Waals surface area contributed by atoms with Crippen LogP contribution in [0.15, 0.2) is 0 Å². The minimum Gasteiger partial charge on any atom is -0.316 e. The van der Waals surface area contributed by atoms with Crippen molar-refractivity contribution in [2.24, 2.45) is 5.92 Å². The SMILES string of the molecule is CCSCC(C)NS(=O)(=O)CC1CCCNC1. The molecule has 6 heteroatoms. The Morgan fingerprint density at radius 3 is 2.88 bits per heavy atom. The van der Waals surface area contributed by atoms with E-state index in [1.807, 2.05) is 6.92 Å². The van der Waals surface area contributed by atoms with Crippen molar-refractivity contribution in [2.75, 3.05) is 30.3 Å². The smallest absolute Gasteiger partial charge is 0.212 e. The molecule has 0 aromatic heterocycles. The summed E-state index contributed by atoms with van der Waals surface area (Å²) in [5.74, 6) is 2.41. The van der Waals surface area contributed by atoms with Crippen LogP contribution >= 0.6 is 11.8 Å². The third kappa shape index (κ3) is 6.64. The molecule has 0 spiro atoms. The number of thioether (sulfide) groups is 1. The Labute approximate surface area is 109 Å². The Bertz CT molecular complexity index is 301. The van der Waals surface area contributed by atoms with E-state index in [1.54, 1.807) is 11.8 Å². The van der Waals surface area contributed by atoms with Gasteiger partial charge in [-0.25, -0.2) is 13.1 Å². The predicted molar refractivity (Wildman–Crippen MR) is 75.0 cm³/mol. The Kier molecular flexibility index (Phi) is 6.84. The summed E-state index contributed by atoms with van der Waals surface area (Å²) in [6, 6.07) is 0.0292. The molecular formula is C11H24N2O2S2. The molecule has 1 aliphatic rings. The maximum atomic E-state index is 11.9. The summed E-state index contributed by atoms with van der Waals surface area (Å²) in [6.45, 7) is 5.87. The van der Waals surface area contributed by atoms with Crippen molar-refractivity contribution in [3.8, 4) is 0 Å². The lowest BCUT2D eigenvalue weighted by atomic mass is 10.0. The van der Waals surface area contributed by atoms with Crippen LogP contribution in [0.1, 0.15) is 26.7 Å². The first-order chi connectivity index (χ1) is 8.03. The molecular weight excluding hydrogens is 256 g/mol. The van der Waals surface area contributed by atoms with E-state index in [1.165, 1.54) is 0 Å². The highest BCUT2D eigenvalue weighted by molar-refractivity contribution is 7.99. The van der Waals surface area contributed by atoms with Crippen LogP contribution in [0, 0.1) is 5.92 Å². The molecule has 0 saturated carbocycles. The van der Waals surface area contributed by atoms with Crippen molar-refractivity contribution < 1.29 is 8.42 Å². The van der Waals surface area contributed by atoms with E-state index in [-0.39, 0.29) is 17.7 Å². The van der Waals surface area contributed by atoms with Crippen molar-refractivity contribution in [3.05, 3.63) is 0 Å². The number of sulfonamides is 1. The molecule has 0 amide bonds. The van der Waals surface area contributed by atoms with Crippen LogP contribution in [-0.2, 0) is 10.0 Å². The summed E-state index contributed by atoms with van der Waals surface area (Å²) >= 11 is 1.76. The Morgan fingerprint density at radius 2 is 2.29 bits per heavy atom. The fourth-order valence-electron chi connectivity index (χ4n) is 2.06. The van der Waals surface area contributed by atoms with Gasteiger partial charge in [0.1, 0.15) is 0 Å². The number of hydrogen-bond acceptors (Lipinski definition) is 4. The highest BCUT2D eigenvalue weighted by Gasteiger charge is 2.22. The van der Waals surface area contributed by atoms with Gasteiger partial charge in [0, 0.05) is 11.8 Å². The fourth-order valence-corrected chi connectivity index (χ4v) is 4.54. The summed E-state index contributed by atoms with van der Waals surface area (Å²) in [7, 11) is -3.11. The van der Waals surface area contributed by atoms with Crippen LogP contribution < -0.4 is 10.0 Å². The molecule has 0 bridgehead atoms. The van der Waals surface area contributed by atoms with Gasteiger partial charge in [0.2, 0.25) is 10.0 Å². The summed E-state index contributed by atoms with van der Waals surface area (Å²) in [6.07, 6.45) is 2.10. The molecule has 17 heavy (non-hydrogen) atoms. The van der Waals surface area contributed by atoms with Gasteiger partial charge in [-0.3, -0.25) is 0 Å². The standard InChI is InChI=1S/C11H24N2O2S2/c1-3-16-8-10(2)13-17(14,15)9-11-5-4-6-12-7-11/h10-13H,3-9H2,1-2H3. The number of nitrogens with one attached hydrogen (secondary N) is 2. The molecule has 1 aliphatic heterocycles. The minimum atomic E-state index is -3.11. The monoisotopic (exact) mass is 280 g/mol. The Morgan fingerprint density at radius 1 is 1.53 bits per heavy atom. The van der Waals surface area contributed by atoms with E-state index in [9.17, 15) is 8.42 Å². The van der Waals surface area contributed by atoms with E-state index in [0.29, 0.717) is 0 Å². The van der Waals surface area contributed by atoms with E-state index in [0.717, 1.165) is 37.4 Å². The summed E-state index contributed by atoms with van der Waals surface area (Å²) in [4.78, 5) is 0. The van der Waals surface area contributed by atoms with Crippen molar-refractivity contribution in [2.45, 2.75) is 32.7 Å². The molecule has 1 saturated heterocycles. The van der Waals surface area contributed by atoms with Crippen LogP contribution in [-0.4, -0.2) is 44.8 Å². The van der Waals surface area contributed by atoms with Gasteiger partial charge in [-0.2, -0.15) is 11.8 Å². The van der Waals surface area contributed by atoms with Gasteiger partial charge in [0.15, 0.2) is 0 Å². The lowest BCUT2D eigenvalue weighted by Gasteiger charge is -2.23. The molecule has 1 fully saturated rings. The highest BCUT2D eigenvalue weighted by Crippen LogP contribution is 2.12. The van der Waals surface area contributed by atoms with Crippen molar-refractivity contribution in [3.63, 3.8) is 0 Å². The molecule has 102 valence electrons. The first kappa shape index (κ1) is 15.3. The van der Waals surface area contributed by atoms with E-state index < -0.39 is 10.0 Å². The Balaban J connectivity index is 2.33. The quantitative estimate of drug-likeness (QED) is 0.732. The van der Waals surface area contributed by atoms with Crippen LogP contribution in [0.5, 0.6) is 0 Å². The third-order valence-electron chi connectivity index (χ3n) is 2.81. The van der Waals surface area contributed by atoms with Crippen LogP contribution in [0.25, 0.3) is 0 Å². The summed E-state index contributed by atoms with van der Waals surface area (Å²) < 4.78 is 26.6. The first-order valence-corrected chi connectivity index (χ1v) is 9.12. The molecule has 4 nitrogen and oxygen atoms in total. The normalized spacial score (nSPS) is 23.5. The largest absolute Gasteiger partial charge is 0.316 e. The van der Waals surface area contributed by atoms with Crippen LogP contribution in [0.3, 0.4) is 0 Å². The molecule has 0 radical (unpaired) electrons. The van der Waals surface area contributed by atoms with Crippen molar-refractivity contribution in [1.82, 2.24) is 10.0 Å². The number of hydrogen-bond donors (Lipinski definition) is 2. The fraction of sp³-hybridized carbons (Fsp3) is 1.00. The summed E-state index contributed by atoms with van der Waals surface area (Å²) in [5.41, 5.74) is 0. The average molecular weight is 280 g/mol. The van der Waals surface area contributed by atoms with Gasteiger partial charge in [0.05, 0.1) is 5.75 Å². The van der Waals surface area contributed by atoms with E-state index >= 15 is 0 Å². The topological polar surface area (TPSA) is 58.2 Å².